The van der Waals surface area contributed by atoms with E-state index in [1.807, 2.05) is 30.3 Å². The molecule has 1 aliphatic rings. The normalized spacial score (nSPS) is 13.3. The molecule has 4 nitrogen and oxygen atoms in total. The van der Waals surface area contributed by atoms with E-state index in [9.17, 15) is 9.59 Å². The molecule has 0 atom stereocenters. The topological polar surface area (TPSA) is 52.0 Å². The molecule has 4 aromatic rings. The smallest absolute Gasteiger partial charge is 0.263 e. The van der Waals surface area contributed by atoms with Crippen LogP contribution in [-0.4, -0.2) is 21.1 Å². The van der Waals surface area contributed by atoms with Crippen LogP contribution in [0.2, 0.25) is 5.02 Å². The van der Waals surface area contributed by atoms with Crippen LogP contribution in [0, 0.1) is 0 Å². The number of fused-ring (bicyclic) bond motifs is 3. The largest absolute Gasteiger partial charge is 0.293 e. The Morgan fingerprint density at radius 1 is 1.06 bits per heavy atom. The van der Waals surface area contributed by atoms with Gasteiger partial charge in [-0.2, -0.15) is 0 Å². The van der Waals surface area contributed by atoms with Gasteiger partial charge in [-0.05, 0) is 61.1 Å². The molecule has 0 amide bonds. The molecule has 0 N–H and O–H groups in total. The van der Waals surface area contributed by atoms with Crippen molar-refractivity contribution in [3.8, 4) is 0 Å². The minimum Gasteiger partial charge on any atom is -0.293 e. The molecular weight excluding hydrogens is 460 g/mol. The third kappa shape index (κ3) is 4.27. The molecule has 32 heavy (non-hydrogen) atoms. The van der Waals surface area contributed by atoms with Crippen LogP contribution in [0.3, 0.4) is 0 Å². The maximum Gasteiger partial charge on any atom is 0.263 e. The van der Waals surface area contributed by atoms with Crippen molar-refractivity contribution in [3.63, 3.8) is 0 Å². The van der Waals surface area contributed by atoms with Crippen LogP contribution in [0.1, 0.15) is 39.2 Å². The lowest BCUT2D eigenvalue weighted by atomic mass is 9.97. The summed E-state index contributed by atoms with van der Waals surface area (Å²) >= 11 is 8.90. The first-order valence-corrected chi connectivity index (χ1v) is 12.8. The number of nitrogens with zero attached hydrogens (tertiary/aromatic N) is 2. The third-order valence-electron chi connectivity index (χ3n) is 5.72. The van der Waals surface area contributed by atoms with Gasteiger partial charge >= 0.3 is 0 Å². The minimum absolute atomic E-state index is 0.000282. The molecule has 0 saturated carbocycles. The molecule has 2 aromatic carbocycles. The maximum atomic E-state index is 13.7. The number of halogens is 1. The van der Waals surface area contributed by atoms with Gasteiger partial charge in [-0.1, -0.05) is 53.7 Å². The number of hydrogen-bond acceptors (Lipinski definition) is 5. The van der Waals surface area contributed by atoms with Crippen LogP contribution in [-0.2, 0) is 19.4 Å². The Kier molecular flexibility index (Phi) is 6.17. The van der Waals surface area contributed by atoms with E-state index in [1.54, 1.807) is 40.2 Å². The second kappa shape index (κ2) is 9.22. The number of hydrogen-bond donors (Lipinski definition) is 0. The molecule has 162 valence electrons. The monoisotopic (exact) mass is 480 g/mol. The molecule has 0 unspecified atom stereocenters. The summed E-state index contributed by atoms with van der Waals surface area (Å²) < 4.78 is 1.74. The van der Waals surface area contributed by atoms with Crippen molar-refractivity contribution in [2.75, 3.05) is 5.75 Å². The van der Waals surface area contributed by atoms with Crippen LogP contribution < -0.4 is 5.56 Å². The van der Waals surface area contributed by atoms with Gasteiger partial charge in [-0.3, -0.25) is 14.2 Å². The fourth-order valence-electron chi connectivity index (χ4n) is 4.08. The molecule has 0 bridgehead atoms. The fourth-order valence-corrected chi connectivity index (χ4v) is 6.41. The van der Waals surface area contributed by atoms with E-state index >= 15 is 0 Å². The minimum atomic E-state index is -0.0160. The van der Waals surface area contributed by atoms with E-state index in [0.717, 1.165) is 41.5 Å². The quantitative estimate of drug-likeness (QED) is 0.192. The number of ketones is 1. The number of carbonyl (C=O) groups excluding carboxylic acids is 1. The van der Waals surface area contributed by atoms with Crippen molar-refractivity contribution in [2.24, 2.45) is 0 Å². The molecule has 0 radical (unpaired) electrons. The molecule has 0 aliphatic heterocycles. The van der Waals surface area contributed by atoms with Gasteiger partial charge in [0.05, 0.1) is 17.7 Å². The van der Waals surface area contributed by atoms with Gasteiger partial charge in [0.1, 0.15) is 4.83 Å². The average Bonchev–Trinajstić information content (AvgIpc) is 3.19. The number of carbonyl (C=O) groups is 1. The fraction of sp³-hybridized carbons (Fsp3) is 0.240. The standard InChI is InChI=1S/C25H21ClN2O2S2/c26-18-12-10-17(11-13-18)20(29)15-31-25-27-23-22(19-8-4-5-9-21(19)32-23)24(30)28(25)14-16-6-2-1-3-7-16/h1-3,6-7,10-13H,4-5,8-9,14-15H2. The molecular formula is C25H21ClN2O2S2. The molecule has 2 aromatic heterocycles. The van der Waals surface area contributed by atoms with E-state index in [2.05, 4.69) is 0 Å². The molecule has 5 rings (SSSR count). The summed E-state index contributed by atoms with van der Waals surface area (Å²) in [4.78, 5) is 33.4. The van der Waals surface area contributed by atoms with E-state index in [1.165, 1.54) is 22.2 Å². The SMILES string of the molecule is O=C(CSc1nc2sc3c(c2c(=O)n1Cc1ccccc1)CCCC3)c1ccc(Cl)cc1. The zero-order chi connectivity index (χ0) is 22.1. The summed E-state index contributed by atoms with van der Waals surface area (Å²) in [6.07, 6.45) is 4.24. The van der Waals surface area contributed by atoms with Crippen LogP contribution in [0.5, 0.6) is 0 Å². The predicted octanol–water partition coefficient (Wildman–Crippen LogP) is 6.01. The summed E-state index contributed by atoms with van der Waals surface area (Å²) in [5.74, 6) is 0.192. The van der Waals surface area contributed by atoms with Crippen LogP contribution >= 0.6 is 34.7 Å². The van der Waals surface area contributed by atoms with Gasteiger partial charge in [0.15, 0.2) is 10.9 Å². The van der Waals surface area contributed by atoms with Gasteiger partial charge in [0.25, 0.3) is 5.56 Å². The first-order chi connectivity index (χ1) is 15.6. The second-order valence-electron chi connectivity index (χ2n) is 7.88. The zero-order valence-electron chi connectivity index (χ0n) is 17.3. The van der Waals surface area contributed by atoms with Crippen molar-refractivity contribution < 1.29 is 4.79 Å². The lowest BCUT2D eigenvalue weighted by Gasteiger charge is -2.13. The summed E-state index contributed by atoms with van der Waals surface area (Å²) in [5, 5.41) is 1.96. The summed E-state index contributed by atoms with van der Waals surface area (Å²) in [7, 11) is 0. The molecule has 0 spiro atoms. The Labute approximate surface area is 199 Å². The van der Waals surface area contributed by atoms with Crippen molar-refractivity contribution in [2.45, 2.75) is 37.4 Å². The van der Waals surface area contributed by atoms with Gasteiger partial charge in [-0.25, -0.2) is 4.98 Å². The highest BCUT2D eigenvalue weighted by molar-refractivity contribution is 7.99. The lowest BCUT2D eigenvalue weighted by Crippen LogP contribution is -2.24. The predicted molar refractivity (Wildman–Crippen MR) is 133 cm³/mol. The van der Waals surface area contributed by atoms with Crippen LogP contribution in [0.4, 0.5) is 0 Å². The first kappa shape index (κ1) is 21.4. The number of Topliss-reactive ketones (excluding diaryl/α,β-unsaturated/α-hetero) is 1. The number of aromatic nitrogens is 2. The third-order valence-corrected chi connectivity index (χ3v) is 8.14. The van der Waals surface area contributed by atoms with E-state index < -0.39 is 0 Å². The Bertz CT molecular complexity index is 1340. The second-order valence-corrected chi connectivity index (χ2v) is 10.3. The van der Waals surface area contributed by atoms with Crippen molar-refractivity contribution in [1.29, 1.82) is 0 Å². The van der Waals surface area contributed by atoms with Gasteiger partial charge in [0.2, 0.25) is 0 Å². The highest BCUT2D eigenvalue weighted by atomic mass is 35.5. The van der Waals surface area contributed by atoms with Gasteiger partial charge in [0, 0.05) is 15.5 Å². The molecule has 0 fully saturated rings. The lowest BCUT2D eigenvalue weighted by molar-refractivity contribution is 0.102. The van der Waals surface area contributed by atoms with Crippen molar-refractivity contribution in [3.05, 3.63) is 91.5 Å². The highest BCUT2D eigenvalue weighted by Gasteiger charge is 2.23. The molecule has 1 aliphatic carbocycles. The van der Waals surface area contributed by atoms with Crippen LogP contribution in [0.15, 0.2) is 64.5 Å². The van der Waals surface area contributed by atoms with Crippen LogP contribution in [0.25, 0.3) is 10.2 Å². The summed E-state index contributed by atoms with van der Waals surface area (Å²) in [6.45, 7) is 0.435. The van der Waals surface area contributed by atoms with Crippen molar-refractivity contribution >= 4 is 50.7 Å². The van der Waals surface area contributed by atoms with Crippen molar-refractivity contribution in [1.82, 2.24) is 9.55 Å². The van der Waals surface area contributed by atoms with Gasteiger partial charge < -0.3 is 0 Å². The molecule has 0 saturated heterocycles. The van der Waals surface area contributed by atoms with E-state index in [-0.39, 0.29) is 17.1 Å². The Hall–Kier alpha value is -2.41. The summed E-state index contributed by atoms with van der Waals surface area (Å²) in [6, 6.07) is 16.8. The average molecular weight is 481 g/mol. The van der Waals surface area contributed by atoms with Gasteiger partial charge in [-0.15, -0.1) is 11.3 Å². The number of thiophene rings is 1. The van der Waals surface area contributed by atoms with E-state index in [4.69, 9.17) is 16.6 Å². The molecule has 2 heterocycles. The number of aryl methyl sites for hydroxylation is 2. The highest BCUT2D eigenvalue weighted by Crippen LogP contribution is 2.35. The Morgan fingerprint density at radius 2 is 1.81 bits per heavy atom. The molecule has 7 heteroatoms. The Balaban J connectivity index is 1.53. The van der Waals surface area contributed by atoms with E-state index in [0.29, 0.717) is 22.3 Å². The summed E-state index contributed by atoms with van der Waals surface area (Å²) in [5.41, 5.74) is 2.82. The zero-order valence-corrected chi connectivity index (χ0v) is 19.7. The Morgan fingerprint density at radius 3 is 2.59 bits per heavy atom. The first-order valence-electron chi connectivity index (χ1n) is 10.6. The number of thioether (sulfide) groups is 1. The number of rotatable bonds is 6. The number of benzene rings is 2. The maximum absolute atomic E-state index is 13.7.